The van der Waals surface area contributed by atoms with Gasteiger partial charge in [0.15, 0.2) is 11.6 Å². The molecule has 1 aromatic heterocycles. The third kappa shape index (κ3) is 4.76. The van der Waals surface area contributed by atoms with Crippen molar-refractivity contribution in [3.63, 3.8) is 0 Å². The molecule has 28 heavy (non-hydrogen) atoms. The molecule has 150 valence electrons. The van der Waals surface area contributed by atoms with Crippen LogP contribution in [0.25, 0.3) is 0 Å². The minimum absolute atomic E-state index is 0.0521. The van der Waals surface area contributed by atoms with E-state index in [2.05, 4.69) is 16.9 Å². The van der Waals surface area contributed by atoms with Gasteiger partial charge in [-0.05, 0) is 24.6 Å². The Kier molecular flexibility index (Phi) is 6.57. The summed E-state index contributed by atoms with van der Waals surface area (Å²) in [4.78, 5) is 20.5. The lowest BCUT2D eigenvalue weighted by Crippen LogP contribution is -2.25. The van der Waals surface area contributed by atoms with Crippen molar-refractivity contribution in [2.75, 3.05) is 11.9 Å². The molecule has 0 aliphatic heterocycles. The molecule has 0 spiro atoms. The van der Waals surface area contributed by atoms with E-state index in [-0.39, 0.29) is 17.7 Å². The van der Waals surface area contributed by atoms with Gasteiger partial charge < -0.3 is 5.32 Å². The summed E-state index contributed by atoms with van der Waals surface area (Å²) < 4.78 is 66.5. The maximum Gasteiger partial charge on any atom is 0.417 e. The molecule has 11 heteroatoms. The molecule has 1 aromatic carbocycles. The normalized spacial score (nSPS) is 11.2. The molecule has 2 aromatic rings. The number of aromatic nitrogens is 1. The Morgan fingerprint density at radius 2 is 2.00 bits per heavy atom. The maximum atomic E-state index is 14.4. The van der Waals surface area contributed by atoms with Crippen molar-refractivity contribution in [1.82, 2.24) is 10.5 Å². The van der Waals surface area contributed by atoms with E-state index in [1.165, 1.54) is 13.0 Å². The molecule has 0 bridgehead atoms. The molecule has 0 aliphatic rings. The molecule has 2 rings (SSSR count). The van der Waals surface area contributed by atoms with E-state index in [4.69, 9.17) is 16.4 Å². The number of anilines is 2. The number of carbonyl (C=O) groups excluding carboxylic acids is 1. The van der Waals surface area contributed by atoms with E-state index in [1.54, 1.807) is 0 Å². The molecule has 0 unspecified atom stereocenters. The van der Waals surface area contributed by atoms with Crippen LogP contribution in [-0.4, -0.2) is 17.5 Å². The van der Waals surface area contributed by atoms with Crippen LogP contribution < -0.4 is 10.8 Å². The molecule has 1 heterocycles. The molecule has 2 N–H and O–H groups in total. The van der Waals surface area contributed by atoms with Crippen molar-refractivity contribution in [3.05, 3.63) is 64.3 Å². The van der Waals surface area contributed by atoms with Gasteiger partial charge in [0, 0.05) is 6.20 Å². The number of alkyl halides is 3. The van der Waals surface area contributed by atoms with Gasteiger partial charge in [0.05, 0.1) is 28.4 Å². The van der Waals surface area contributed by atoms with Crippen molar-refractivity contribution in [3.8, 4) is 0 Å². The number of halogens is 6. The second-order valence-electron chi connectivity index (χ2n) is 5.45. The third-order valence-corrected chi connectivity index (χ3v) is 3.70. The van der Waals surface area contributed by atoms with Crippen molar-refractivity contribution in [2.45, 2.75) is 13.1 Å². The molecule has 0 saturated heterocycles. The van der Waals surface area contributed by atoms with Crippen molar-refractivity contribution < 1.29 is 31.6 Å². The zero-order chi connectivity index (χ0) is 21.1. The summed E-state index contributed by atoms with van der Waals surface area (Å²) in [6, 6.07) is 1.59. The highest BCUT2D eigenvalue weighted by Crippen LogP contribution is 2.35. The van der Waals surface area contributed by atoms with E-state index >= 15 is 0 Å². The number of nitrogens with one attached hydrogen (secondary N) is 2. The Balaban J connectivity index is 2.45. The average Bonchev–Trinajstić information content (AvgIpc) is 2.62. The number of hydrogen-bond donors (Lipinski definition) is 2. The van der Waals surface area contributed by atoms with Crippen LogP contribution in [0.15, 0.2) is 31.0 Å². The predicted molar refractivity (Wildman–Crippen MR) is 92.2 cm³/mol. The van der Waals surface area contributed by atoms with Gasteiger partial charge in [-0.3, -0.25) is 9.63 Å². The lowest BCUT2D eigenvalue weighted by molar-refractivity contribution is -0.137. The molecular weight excluding hydrogens is 409 g/mol. The fourth-order valence-corrected chi connectivity index (χ4v) is 2.29. The van der Waals surface area contributed by atoms with Crippen LogP contribution in [0.2, 0.25) is 5.02 Å². The highest BCUT2D eigenvalue weighted by molar-refractivity contribution is 6.33. The van der Waals surface area contributed by atoms with E-state index in [0.717, 1.165) is 6.07 Å². The van der Waals surface area contributed by atoms with Crippen LogP contribution in [0.5, 0.6) is 0 Å². The third-order valence-electron chi connectivity index (χ3n) is 3.41. The van der Waals surface area contributed by atoms with Crippen LogP contribution in [-0.2, 0) is 11.0 Å². The first-order valence-corrected chi connectivity index (χ1v) is 7.95. The zero-order valence-corrected chi connectivity index (χ0v) is 15.0. The van der Waals surface area contributed by atoms with Crippen LogP contribution in [0.4, 0.5) is 33.5 Å². The standard InChI is InChI=1S/C17H13ClF5N3O2/c1-3-4-28-26-16(27)10-5-8(2)12(19)13(20)14(10)25-15-11(18)6-9(7-24-15)17(21,22)23/h3,5-7H,1,4H2,2H3,(H,24,25)(H,26,27). The number of amides is 1. The highest BCUT2D eigenvalue weighted by atomic mass is 35.5. The van der Waals surface area contributed by atoms with Crippen LogP contribution in [0.3, 0.4) is 0 Å². The van der Waals surface area contributed by atoms with E-state index < -0.39 is 45.8 Å². The maximum absolute atomic E-state index is 14.4. The monoisotopic (exact) mass is 421 g/mol. The number of nitrogens with zero attached hydrogens (tertiary/aromatic N) is 1. The SMILES string of the molecule is C=CCONC(=O)c1cc(C)c(F)c(F)c1Nc1ncc(C(F)(F)F)cc1Cl. The van der Waals surface area contributed by atoms with Gasteiger partial charge in [0.25, 0.3) is 5.91 Å². The molecule has 0 fully saturated rings. The number of hydroxylamine groups is 1. The summed E-state index contributed by atoms with van der Waals surface area (Å²) in [7, 11) is 0. The van der Waals surface area contributed by atoms with Crippen LogP contribution >= 0.6 is 11.6 Å². The van der Waals surface area contributed by atoms with E-state index in [0.29, 0.717) is 12.3 Å². The molecule has 5 nitrogen and oxygen atoms in total. The molecule has 1 amide bonds. The molecule has 0 atom stereocenters. The molecule has 0 radical (unpaired) electrons. The summed E-state index contributed by atoms with van der Waals surface area (Å²) >= 11 is 5.77. The summed E-state index contributed by atoms with van der Waals surface area (Å²) in [5, 5.41) is 1.76. The smallest absolute Gasteiger partial charge is 0.336 e. The topological polar surface area (TPSA) is 63.2 Å². The number of benzene rings is 1. The lowest BCUT2D eigenvalue weighted by Gasteiger charge is -2.16. The summed E-state index contributed by atoms with van der Waals surface area (Å²) in [5.74, 6) is -4.03. The number of rotatable bonds is 6. The first kappa shape index (κ1) is 21.6. The van der Waals surface area contributed by atoms with Crippen molar-refractivity contribution >= 4 is 29.0 Å². The largest absolute Gasteiger partial charge is 0.417 e. The lowest BCUT2D eigenvalue weighted by atomic mass is 10.1. The average molecular weight is 422 g/mol. The van der Waals surface area contributed by atoms with Gasteiger partial charge in [-0.1, -0.05) is 17.7 Å². The van der Waals surface area contributed by atoms with Crippen molar-refractivity contribution in [1.29, 1.82) is 0 Å². The Morgan fingerprint density at radius 1 is 1.32 bits per heavy atom. The predicted octanol–water partition coefficient (Wildman–Crippen LogP) is 4.93. The van der Waals surface area contributed by atoms with E-state index in [9.17, 15) is 26.7 Å². The number of hydrogen-bond acceptors (Lipinski definition) is 4. The van der Waals surface area contributed by atoms with E-state index in [1.807, 2.05) is 5.48 Å². The first-order chi connectivity index (χ1) is 13.1. The van der Waals surface area contributed by atoms with Crippen molar-refractivity contribution in [2.24, 2.45) is 0 Å². The van der Waals surface area contributed by atoms with Crippen LogP contribution in [0, 0.1) is 18.6 Å². The molecule has 0 saturated carbocycles. The van der Waals surface area contributed by atoms with Gasteiger partial charge in [0.2, 0.25) is 0 Å². The minimum Gasteiger partial charge on any atom is -0.336 e. The summed E-state index contributed by atoms with van der Waals surface area (Å²) in [6.45, 7) is 4.55. The second kappa shape index (κ2) is 8.53. The van der Waals surface area contributed by atoms with Gasteiger partial charge in [-0.2, -0.15) is 13.2 Å². The zero-order valence-electron chi connectivity index (χ0n) is 14.3. The number of pyridine rings is 1. The van der Waals surface area contributed by atoms with Gasteiger partial charge in [-0.25, -0.2) is 19.2 Å². The molecule has 0 aliphatic carbocycles. The summed E-state index contributed by atoms with van der Waals surface area (Å²) in [6.07, 6.45) is -2.89. The second-order valence-corrected chi connectivity index (χ2v) is 5.86. The Morgan fingerprint density at radius 3 is 2.57 bits per heavy atom. The number of aryl methyl sites for hydroxylation is 1. The Hall–Kier alpha value is -2.72. The van der Waals surface area contributed by atoms with Gasteiger partial charge in [-0.15, -0.1) is 6.58 Å². The van der Waals surface area contributed by atoms with Gasteiger partial charge in [0.1, 0.15) is 5.82 Å². The first-order valence-electron chi connectivity index (χ1n) is 7.57. The van der Waals surface area contributed by atoms with Crippen LogP contribution in [0.1, 0.15) is 21.5 Å². The van der Waals surface area contributed by atoms with Gasteiger partial charge >= 0.3 is 6.18 Å². The summed E-state index contributed by atoms with van der Waals surface area (Å²) in [5.41, 5.74) is -0.352. The molecular formula is C17H13ClF5N3O2. The Labute approximate surface area is 161 Å². The highest BCUT2D eigenvalue weighted by Gasteiger charge is 2.32. The number of carbonyl (C=O) groups is 1. The Bertz CT molecular complexity index is 919. The fraction of sp³-hybridized carbons (Fsp3) is 0.176. The quantitative estimate of drug-likeness (QED) is 0.300. The fourth-order valence-electron chi connectivity index (χ4n) is 2.08. The minimum atomic E-state index is -4.69.